The first kappa shape index (κ1) is 19.2. The van der Waals surface area contributed by atoms with E-state index in [0.29, 0.717) is 22.9 Å². The number of tetrazole rings is 1. The third-order valence-electron chi connectivity index (χ3n) is 4.54. The summed E-state index contributed by atoms with van der Waals surface area (Å²) in [5, 5.41) is 14.9. The number of anilines is 1. The van der Waals surface area contributed by atoms with Crippen LogP contribution in [0.5, 0.6) is 0 Å². The fourth-order valence-corrected chi connectivity index (χ4v) is 2.67. The number of rotatable bonds is 7. The minimum absolute atomic E-state index is 0.0561. The van der Waals surface area contributed by atoms with Crippen molar-refractivity contribution in [2.75, 3.05) is 5.32 Å². The van der Waals surface area contributed by atoms with Gasteiger partial charge in [-0.1, -0.05) is 38.1 Å². The van der Waals surface area contributed by atoms with Gasteiger partial charge >= 0.3 is 0 Å². The lowest BCUT2D eigenvalue weighted by Gasteiger charge is -2.10. The Morgan fingerprint density at radius 1 is 1.11 bits per heavy atom. The summed E-state index contributed by atoms with van der Waals surface area (Å²) in [6.07, 6.45) is 1.07. The van der Waals surface area contributed by atoms with E-state index in [9.17, 15) is 9.59 Å². The number of amides is 2. The van der Waals surface area contributed by atoms with E-state index in [-0.39, 0.29) is 12.5 Å². The minimum atomic E-state index is -0.503. The lowest BCUT2D eigenvalue weighted by molar-refractivity contribution is -0.117. The van der Waals surface area contributed by atoms with Gasteiger partial charge in [-0.15, -0.1) is 10.2 Å². The zero-order chi connectivity index (χ0) is 20.1. The van der Waals surface area contributed by atoms with E-state index in [2.05, 4.69) is 34.6 Å². The molecule has 0 radical (unpaired) electrons. The monoisotopic (exact) mass is 378 g/mol. The van der Waals surface area contributed by atoms with Gasteiger partial charge in [-0.05, 0) is 47.4 Å². The average molecular weight is 378 g/mol. The first-order valence-electron chi connectivity index (χ1n) is 9.04. The number of nitrogens with zero attached hydrogens (tertiary/aromatic N) is 4. The third-order valence-corrected chi connectivity index (χ3v) is 4.54. The maximum atomic E-state index is 12.2. The summed E-state index contributed by atoms with van der Waals surface area (Å²) < 4.78 is 0. The highest BCUT2D eigenvalue weighted by atomic mass is 16.2. The predicted octanol–water partition coefficient (Wildman–Crippen LogP) is 2.59. The highest BCUT2D eigenvalue weighted by Crippen LogP contribution is 2.20. The summed E-state index contributed by atoms with van der Waals surface area (Å²) in [5.41, 5.74) is 8.26. The number of nitrogens with two attached hydrogens (primary N) is 1. The molecule has 1 atom stereocenters. The third kappa shape index (κ3) is 4.59. The summed E-state index contributed by atoms with van der Waals surface area (Å²) in [5.74, 6) is 0.0996. The number of hydrogen-bond acceptors (Lipinski definition) is 5. The van der Waals surface area contributed by atoms with Gasteiger partial charge in [-0.2, -0.15) is 4.80 Å². The van der Waals surface area contributed by atoms with Gasteiger partial charge in [0.1, 0.15) is 6.54 Å². The maximum absolute atomic E-state index is 12.2. The van der Waals surface area contributed by atoms with Gasteiger partial charge in [0.15, 0.2) is 0 Å². The van der Waals surface area contributed by atoms with Gasteiger partial charge < -0.3 is 11.1 Å². The van der Waals surface area contributed by atoms with E-state index in [1.165, 1.54) is 10.4 Å². The molecule has 8 nitrogen and oxygen atoms in total. The van der Waals surface area contributed by atoms with Crippen LogP contribution in [0.4, 0.5) is 5.69 Å². The van der Waals surface area contributed by atoms with Crippen molar-refractivity contribution in [1.82, 2.24) is 20.2 Å². The highest BCUT2D eigenvalue weighted by Gasteiger charge is 2.11. The molecule has 3 N–H and O–H groups in total. The van der Waals surface area contributed by atoms with E-state index in [4.69, 9.17) is 5.73 Å². The Morgan fingerprint density at radius 3 is 2.39 bits per heavy atom. The molecule has 28 heavy (non-hydrogen) atoms. The minimum Gasteiger partial charge on any atom is -0.366 e. The quantitative estimate of drug-likeness (QED) is 0.655. The Balaban J connectivity index is 1.61. The first-order chi connectivity index (χ1) is 13.5. The van der Waals surface area contributed by atoms with E-state index in [1.54, 1.807) is 24.3 Å². The normalized spacial score (nSPS) is 11.8. The van der Waals surface area contributed by atoms with Gasteiger partial charge in [0.05, 0.1) is 0 Å². The smallest absolute Gasteiger partial charge is 0.248 e. The summed E-state index contributed by atoms with van der Waals surface area (Å²) >= 11 is 0. The Labute approximate surface area is 162 Å². The van der Waals surface area contributed by atoms with Crippen LogP contribution >= 0.6 is 0 Å². The fraction of sp³-hybridized carbons (Fsp3) is 0.250. The Kier molecular flexibility index (Phi) is 5.78. The molecule has 2 amide bonds. The van der Waals surface area contributed by atoms with Crippen LogP contribution < -0.4 is 11.1 Å². The Morgan fingerprint density at radius 2 is 1.79 bits per heavy atom. The molecule has 0 unspecified atom stereocenters. The van der Waals surface area contributed by atoms with Crippen molar-refractivity contribution in [3.63, 3.8) is 0 Å². The molecule has 0 saturated heterocycles. The lowest BCUT2D eigenvalue weighted by Crippen LogP contribution is -2.20. The first-order valence-corrected chi connectivity index (χ1v) is 9.04. The average Bonchev–Trinajstić information content (AvgIpc) is 3.16. The van der Waals surface area contributed by atoms with Crippen molar-refractivity contribution in [2.45, 2.75) is 32.7 Å². The van der Waals surface area contributed by atoms with E-state index in [0.717, 1.165) is 12.1 Å². The van der Waals surface area contributed by atoms with Crippen molar-refractivity contribution < 1.29 is 9.59 Å². The molecule has 0 fully saturated rings. The number of nitrogens with one attached hydrogen (secondary N) is 1. The van der Waals surface area contributed by atoms with Crippen molar-refractivity contribution in [3.8, 4) is 11.4 Å². The maximum Gasteiger partial charge on any atom is 0.248 e. The summed E-state index contributed by atoms with van der Waals surface area (Å²) in [7, 11) is 0. The molecule has 8 heteroatoms. The Hall–Kier alpha value is -3.55. The molecule has 2 aromatic carbocycles. The second kappa shape index (κ2) is 8.43. The van der Waals surface area contributed by atoms with Gasteiger partial charge in [0.2, 0.25) is 17.6 Å². The predicted molar refractivity (Wildman–Crippen MR) is 106 cm³/mol. The Bertz CT molecular complexity index is 963. The van der Waals surface area contributed by atoms with Gasteiger partial charge in [-0.3, -0.25) is 9.59 Å². The SMILES string of the molecule is CC[C@@H](C)c1ccc(NC(=O)Cn2nnc(-c3ccc(C(N)=O)cc3)n2)cc1. The summed E-state index contributed by atoms with van der Waals surface area (Å²) in [6.45, 7) is 4.26. The van der Waals surface area contributed by atoms with Crippen molar-refractivity contribution in [2.24, 2.45) is 5.73 Å². The van der Waals surface area contributed by atoms with Crippen LogP contribution in [0, 0.1) is 0 Å². The second-order valence-corrected chi connectivity index (χ2v) is 6.56. The van der Waals surface area contributed by atoms with Gasteiger partial charge in [0, 0.05) is 16.8 Å². The van der Waals surface area contributed by atoms with Crippen molar-refractivity contribution in [1.29, 1.82) is 0 Å². The molecular weight excluding hydrogens is 356 g/mol. The largest absolute Gasteiger partial charge is 0.366 e. The standard InChI is InChI=1S/C20H22N6O2/c1-3-13(2)14-8-10-17(11-9-14)22-18(27)12-26-24-20(23-25-26)16-6-4-15(5-7-16)19(21)28/h4-11,13H,3,12H2,1-2H3,(H2,21,28)(H,22,27)/t13-/m1/s1. The van der Waals surface area contributed by atoms with Crippen LogP contribution in [0.25, 0.3) is 11.4 Å². The molecule has 1 aromatic heterocycles. The number of carbonyl (C=O) groups is 2. The number of aromatic nitrogens is 4. The van der Waals surface area contributed by atoms with Gasteiger partial charge in [0.25, 0.3) is 0 Å². The molecule has 0 bridgehead atoms. The number of primary amides is 1. The van der Waals surface area contributed by atoms with Crippen LogP contribution in [-0.4, -0.2) is 32.0 Å². The van der Waals surface area contributed by atoms with Crippen LogP contribution in [0.2, 0.25) is 0 Å². The van der Waals surface area contributed by atoms with Crippen LogP contribution in [0.1, 0.15) is 42.1 Å². The van der Waals surface area contributed by atoms with E-state index < -0.39 is 5.91 Å². The van der Waals surface area contributed by atoms with Crippen LogP contribution in [-0.2, 0) is 11.3 Å². The van der Waals surface area contributed by atoms with Gasteiger partial charge in [-0.25, -0.2) is 0 Å². The van der Waals surface area contributed by atoms with Crippen molar-refractivity contribution >= 4 is 17.5 Å². The molecular formula is C20H22N6O2. The molecule has 3 rings (SSSR count). The number of benzene rings is 2. The number of hydrogen-bond donors (Lipinski definition) is 2. The zero-order valence-electron chi connectivity index (χ0n) is 15.8. The molecule has 0 spiro atoms. The molecule has 1 heterocycles. The second-order valence-electron chi connectivity index (χ2n) is 6.56. The van der Waals surface area contributed by atoms with Crippen LogP contribution in [0.15, 0.2) is 48.5 Å². The summed E-state index contributed by atoms with van der Waals surface area (Å²) in [4.78, 5) is 24.6. The number of carbonyl (C=O) groups excluding carboxylic acids is 2. The molecule has 0 saturated carbocycles. The fourth-order valence-electron chi connectivity index (χ4n) is 2.67. The summed E-state index contributed by atoms with van der Waals surface area (Å²) in [6, 6.07) is 14.4. The molecule has 0 aliphatic carbocycles. The molecule has 0 aliphatic heterocycles. The highest BCUT2D eigenvalue weighted by molar-refractivity contribution is 5.93. The zero-order valence-corrected chi connectivity index (χ0v) is 15.8. The van der Waals surface area contributed by atoms with E-state index >= 15 is 0 Å². The lowest BCUT2D eigenvalue weighted by atomic mass is 9.99. The topological polar surface area (TPSA) is 116 Å². The molecule has 3 aromatic rings. The molecule has 144 valence electrons. The van der Waals surface area contributed by atoms with E-state index in [1.807, 2.05) is 24.3 Å². The van der Waals surface area contributed by atoms with Crippen molar-refractivity contribution in [3.05, 3.63) is 59.7 Å². The van der Waals surface area contributed by atoms with Crippen LogP contribution in [0.3, 0.4) is 0 Å². The molecule has 0 aliphatic rings.